The largest absolute Gasteiger partial charge is 0.493 e. The first kappa shape index (κ1) is 14.7. The van der Waals surface area contributed by atoms with E-state index in [9.17, 15) is 5.11 Å². The molecule has 0 aliphatic heterocycles. The van der Waals surface area contributed by atoms with E-state index in [1.165, 1.54) is 0 Å². The van der Waals surface area contributed by atoms with Gasteiger partial charge in [-0.25, -0.2) is 0 Å². The number of hydrogen-bond donors (Lipinski definition) is 2. The molecule has 2 aromatic carbocycles. The lowest BCUT2D eigenvalue weighted by Crippen LogP contribution is -2.08. The van der Waals surface area contributed by atoms with Crippen LogP contribution in [0, 0.1) is 6.92 Å². The number of benzene rings is 2. The van der Waals surface area contributed by atoms with E-state index in [4.69, 9.17) is 9.47 Å². The molecule has 0 saturated heterocycles. The molecule has 4 heteroatoms. The summed E-state index contributed by atoms with van der Waals surface area (Å²) in [5.74, 6) is 1.47. The Morgan fingerprint density at radius 3 is 2.45 bits per heavy atom. The van der Waals surface area contributed by atoms with Crippen LogP contribution >= 0.6 is 0 Å². The van der Waals surface area contributed by atoms with Gasteiger partial charge in [-0.1, -0.05) is 18.2 Å². The molecule has 0 fully saturated rings. The first-order valence-electron chi connectivity index (χ1n) is 7.40. The van der Waals surface area contributed by atoms with Gasteiger partial charge in [0.2, 0.25) is 0 Å². The van der Waals surface area contributed by atoms with Crippen LogP contribution in [-0.2, 0) is 6.42 Å². The zero-order valence-corrected chi connectivity index (χ0v) is 13.4. The number of fused-ring (bicyclic) bond motifs is 3. The van der Waals surface area contributed by atoms with Crippen molar-refractivity contribution in [1.82, 2.24) is 4.98 Å². The fourth-order valence-electron chi connectivity index (χ4n) is 3.20. The SMILES string of the molecule is COc1c(C)c(C[C@H](C)O)c2[nH]c3ccccc3c2c1OC. The van der Waals surface area contributed by atoms with Crippen molar-refractivity contribution in [3.8, 4) is 11.5 Å². The number of hydrogen-bond acceptors (Lipinski definition) is 3. The molecule has 22 heavy (non-hydrogen) atoms. The second-order valence-electron chi connectivity index (χ2n) is 5.64. The highest BCUT2D eigenvalue weighted by Crippen LogP contribution is 2.44. The monoisotopic (exact) mass is 299 g/mol. The van der Waals surface area contributed by atoms with Crippen LogP contribution in [0.3, 0.4) is 0 Å². The van der Waals surface area contributed by atoms with Crippen LogP contribution in [-0.4, -0.2) is 30.4 Å². The van der Waals surface area contributed by atoms with Gasteiger partial charge >= 0.3 is 0 Å². The lowest BCUT2D eigenvalue weighted by molar-refractivity contribution is 0.195. The predicted molar refractivity (Wildman–Crippen MR) is 89.0 cm³/mol. The molecule has 1 heterocycles. The number of H-pyrrole nitrogens is 1. The molecule has 0 radical (unpaired) electrons. The van der Waals surface area contributed by atoms with Crippen molar-refractivity contribution in [3.05, 3.63) is 35.4 Å². The Labute approximate surface area is 129 Å². The van der Waals surface area contributed by atoms with E-state index in [1.807, 2.05) is 25.1 Å². The number of para-hydroxylation sites is 1. The van der Waals surface area contributed by atoms with E-state index >= 15 is 0 Å². The maximum absolute atomic E-state index is 9.87. The van der Waals surface area contributed by atoms with Gasteiger partial charge in [0.1, 0.15) is 0 Å². The Balaban J connectivity index is 2.50. The van der Waals surface area contributed by atoms with Gasteiger partial charge in [0.05, 0.1) is 31.2 Å². The minimum atomic E-state index is -0.425. The van der Waals surface area contributed by atoms with Crippen molar-refractivity contribution in [1.29, 1.82) is 0 Å². The van der Waals surface area contributed by atoms with Gasteiger partial charge in [-0.15, -0.1) is 0 Å². The standard InChI is InChI=1S/C18H21NO3/c1-10(20)9-13-11(2)17(21-3)18(22-4)15-12-7-5-6-8-14(12)19-16(13)15/h5-8,10,19-20H,9H2,1-4H3/t10-/m0/s1. The lowest BCUT2D eigenvalue weighted by atomic mass is 9.97. The van der Waals surface area contributed by atoms with Crippen LogP contribution < -0.4 is 9.47 Å². The molecule has 0 aliphatic carbocycles. The smallest absolute Gasteiger partial charge is 0.171 e. The van der Waals surface area contributed by atoms with Crippen molar-refractivity contribution in [2.45, 2.75) is 26.4 Å². The molecule has 2 N–H and O–H groups in total. The zero-order chi connectivity index (χ0) is 15.9. The average Bonchev–Trinajstić information content (AvgIpc) is 2.88. The molecule has 0 aliphatic rings. The van der Waals surface area contributed by atoms with E-state index in [1.54, 1.807) is 21.1 Å². The molecule has 3 aromatic rings. The summed E-state index contributed by atoms with van der Waals surface area (Å²) in [5.41, 5.74) is 4.13. The number of aliphatic hydroxyl groups excluding tert-OH is 1. The van der Waals surface area contributed by atoms with Crippen LogP contribution in [0.4, 0.5) is 0 Å². The molecule has 0 amide bonds. The van der Waals surface area contributed by atoms with Crippen LogP contribution in [0.5, 0.6) is 11.5 Å². The highest BCUT2D eigenvalue weighted by molar-refractivity contribution is 6.13. The third-order valence-corrected chi connectivity index (χ3v) is 4.14. The van der Waals surface area contributed by atoms with Crippen molar-refractivity contribution in [2.75, 3.05) is 14.2 Å². The van der Waals surface area contributed by atoms with Gasteiger partial charge in [-0.3, -0.25) is 0 Å². The van der Waals surface area contributed by atoms with E-state index in [0.717, 1.165) is 44.4 Å². The lowest BCUT2D eigenvalue weighted by Gasteiger charge is -2.17. The van der Waals surface area contributed by atoms with E-state index in [2.05, 4.69) is 11.1 Å². The second kappa shape index (κ2) is 5.54. The maximum atomic E-state index is 9.87. The summed E-state index contributed by atoms with van der Waals surface area (Å²) in [6.45, 7) is 3.80. The minimum absolute atomic E-state index is 0.425. The summed E-state index contributed by atoms with van der Waals surface area (Å²) in [7, 11) is 3.31. The van der Waals surface area contributed by atoms with Crippen molar-refractivity contribution in [3.63, 3.8) is 0 Å². The van der Waals surface area contributed by atoms with E-state index < -0.39 is 6.10 Å². The molecule has 3 rings (SSSR count). The highest BCUT2D eigenvalue weighted by atomic mass is 16.5. The summed E-state index contributed by atoms with van der Waals surface area (Å²) in [6.07, 6.45) is 0.140. The molecule has 1 atom stereocenters. The number of rotatable bonds is 4. The zero-order valence-electron chi connectivity index (χ0n) is 13.4. The molecule has 116 valence electrons. The van der Waals surface area contributed by atoms with Crippen LogP contribution in [0.1, 0.15) is 18.1 Å². The normalized spacial score (nSPS) is 12.8. The van der Waals surface area contributed by atoms with Crippen LogP contribution in [0.25, 0.3) is 21.8 Å². The molecular formula is C18H21NO3. The topological polar surface area (TPSA) is 54.5 Å². The number of ether oxygens (including phenoxy) is 2. The number of nitrogens with one attached hydrogen (secondary N) is 1. The van der Waals surface area contributed by atoms with E-state index in [-0.39, 0.29) is 0 Å². The van der Waals surface area contributed by atoms with Gasteiger partial charge in [-0.2, -0.15) is 0 Å². The third-order valence-electron chi connectivity index (χ3n) is 4.14. The first-order valence-corrected chi connectivity index (χ1v) is 7.40. The van der Waals surface area contributed by atoms with E-state index in [0.29, 0.717) is 6.42 Å². The average molecular weight is 299 g/mol. The summed E-state index contributed by atoms with van der Waals surface area (Å²) in [4.78, 5) is 3.47. The van der Waals surface area contributed by atoms with Crippen molar-refractivity contribution < 1.29 is 14.6 Å². The second-order valence-corrected chi connectivity index (χ2v) is 5.64. The van der Waals surface area contributed by atoms with Crippen molar-refractivity contribution in [2.24, 2.45) is 0 Å². The Kier molecular flexibility index (Phi) is 3.71. The van der Waals surface area contributed by atoms with Gasteiger partial charge < -0.3 is 19.6 Å². The molecule has 0 bridgehead atoms. The summed E-state index contributed by atoms with van der Waals surface area (Å²) >= 11 is 0. The fraction of sp³-hybridized carbons (Fsp3) is 0.333. The van der Waals surface area contributed by atoms with Gasteiger partial charge in [0.25, 0.3) is 0 Å². The Morgan fingerprint density at radius 2 is 1.82 bits per heavy atom. The summed E-state index contributed by atoms with van der Waals surface area (Å²) in [6, 6.07) is 8.12. The van der Waals surface area contributed by atoms with Crippen LogP contribution in [0.2, 0.25) is 0 Å². The summed E-state index contributed by atoms with van der Waals surface area (Å²) in [5, 5.41) is 12.0. The highest BCUT2D eigenvalue weighted by Gasteiger charge is 2.22. The van der Waals surface area contributed by atoms with Gasteiger partial charge in [0, 0.05) is 22.9 Å². The molecule has 1 aromatic heterocycles. The maximum Gasteiger partial charge on any atom is 0.171 e. The first-order chi connectivity index (χ1) is 10.6. The van der Waals surface area contributed by atoms with Gasteiger partial charge in [-0.05, 0) is 25.5 Å². The molecule has 0 unspecified atom stereocenters. The number of aromatic amines is 1. The number of aromatic nitrogens is 1. The Hall–Kier alpha value is -2.20. The fourth-order valence-corrected chi connectivity index (χ4v) is 3.20. The molecule has 0 spiro atoms. The Morgan fingerprint density at radius 1 is 1.14 bits per heavy atom. The Bertz CT molecular complexity index is 833. The van der Waals surface area contributed by atoms with Crippen LogP contribution in [0.15, 0.2) is 24.3 Å². The molecular weight excluding hydrogens is 278 g/mol. The molecule has 4 nitrogen and oxygen atoms in total. The summed E-state index contributed by atoms with van der Waals surface area (Å²) < 4.78 is 11.2. The van der Waals surface area contributed by atoms with Crippen molar-refractivity contribution >= 4 is 21.8 Å². The number of aliphatic hydroxyl groups is 1. The minimum Gasteiger partial charge on any atom is -0.493 e. The number of methoxy groups -OCH3 is 2. The van der Waals surface area contributed by atoms with Gasteiger partial charge in [0.15, 0.2) is 11.5 Å². The quantitative estimate of drug-likeness (QED) is 0.774. The molecule has 0 saturated carbocycles. The predicted octanol–water partition coefficient (Wildman–Crippen LogP) is 3.57. The third kappa shape index (κ3) is 2.11.